The van der Waals surface area contributed by atoms with Gasteiger partial charge in [0.15, 0.2) is 0 Å². The highest BCUT2D eigenvalue weighted by Crippen LogP contribution is 2.35. The smallest absolute Gasteiger partial charge is 0.286 e. The minimum atomic E-state index is -3.83. The molecular formula is C20H22ClN3O3S. The molecule has 148 valence electrons. The van der Waals surface area contributed by atoms with Crippen LogP contribution in [-0.4, -0.2) is 26.7 Å². The van der Waals surface area contributed by atoms with Crippen LogP contribution in [-0.2, 0) is 10.0 Å². The number of carbonyl (C=O) groups is 1. The van der Waals surface area contributed by atoms with Crippen LogP contribution >= 0.6 is 11.6 Å². The Hall–Kier alpha value is -2.38. The van der Waals surface area contributed by atoms with E-state index >= 15 is 0 Å². The molecule has 28 heavy (non-hydrogen) atoms. The van der Waals surface area contributed by atoms with E-state index in [-0.39, 0.29) is 4.90 Å². The highest BCUT2D eigenvalue weighted by Gasteiger charge is 2.30. The van der Waals surface area contributed by atoms with Crippen LogP contribution in [0.2, 0.25) is 5.02 Å². The number of anilines is 2. The van der Waals surface area contributed by atoms with Gasteiger partial charge in [-0.25, -0.2) is 0 Å². The monoisotopic (exact) mass is 419 g/mol. The molecule has 2 aromatic rings. The zero-order valence-electron chi connectivity index (χ0n) is 15.9. The van der Waals surface area contributed by atoms with Crippen molar-refractivity contribution < 1.29 is 13.2 Å². The Morgan fingerprint density at radius 3 is 2.57 bits per heavy atom. The van der Waals surface area contributed by atoms with Crippen LogP contribution < -0.4 is 10.2 Å². The van der Waals surface area contributed by atoms with Gasteiger partial charge in [-0.3, -0.25) is 4.79 Å². The zero-order chi connectivity index (χ0) is 20.5. The SMILES string of the molecule is CCC1=NS(=O)(=O)c2cc(NC(=O)c3ccccc3Cl)ccc2N1CC(C)C. The summed E-state index contributed by atoms with van der Waals surface area (Å²) in [4.78, 5) is 14.5. The number of nitrogens with one attached hydrogen (secondary N) is 1. The summed E-state index contributed by atoms with van der Waals surface area (Å²) in [5.41, 5.74) is 1.26. The molecular weight excluding hydrogens is 398 g/mol. The van der Waals surface area contributed by atoms with Gasteiger partial charge < -0.3 is 10.2 Å². The summed E-state index contributed by atoms with van der Waals surface area (Å²) in [6.07, 6.45) is 0.510. The fourth-order valence-electron chi connectivity index (χ4n) is 3.07. The van der Waals surface area contributed by atoms with Gasteiger partial charge in [-0.05, 0) is 36.2 Å². The van der Waals surface area contributed by atoms with Crippen LogP contribution in [0.3, 0.4) is 0 Å². The van der Waals surface area contributed by atoms with Crippen LogP contribution in [0.1, 0.15) is 37.6 Å². The Bertz CT molecular complexity index is 1050. The molecule has 0 atom stereocenters. The zero-order valence-corrected chi connectivity index (χ0v) is 17.5. The average Bonchev–Trinajstić information content (AvgIpc) is 2.64. The van der Waals surface area contributed by atoms with Crippen molar-refractivity contribution in [1.29, 1.82) is 0 Å². The molecule has 1 aliphatic rings. The van der Waals surface area contributed by atoms with E-state index < -0.39 is 15.9 Å². The molecule has 0 aliphatic carbocycles. The predicted molar refractivity (Wildman–Crippen MR) is 113 cm³/mol. The number of carbonyl (C=O) groups excluding carboxylic acids is 1. The number of fused-ring (bicyclic) bond motifs is 1. The minimum Gasteiger partial charge on any atom is -0.328 e. The van der Waals surface area contributed by atoms with E-state index in [2.05, 4.69) is 23.6 Å². The first kappa shape index (κ1) is 20.4. The van der Waals surface area contributed by atoms with E-state index in [1.54, 1.807) is 36.4 Å². The van der Waals surface area contributed by atoms with Crippen molar-refractivity contribution in [3.63, 3.8) is 0 Å². The van der Waals surface area contributed by atoms with Gasteiger partial charge in [-0.1, -0.05) is 44.5 Å². The van der Waals surface area contributed by atoms with Crippen LogP contribution in [0.25, 0.3) is 0 Å². The Labute approximate surface area is 170 Å². The first-order valence-electron chi connectivity index (χ1n) is 9.04. The van der Waals surface area contributed by atoms with Crippen molar-refractivity contribution in [1.82, 2.24) is 0 Å². The molecule has 0 bridgehead atoms. The summed E-state index contributed by atoms with van der Waals surface area (Å²) in [7, 11) is -3.83. The van der Waals surface area contributed by atoms with E-state index in [9.17, 15) is 13.2 Å². The summed E-state index contributed by atoms with van der Waals surface area (Å²) in [6, 6.07) is 11.5. The fourth-order valence-corrected chi connectivity index (χ4v) is 4.61. The van der Waals surface area contributed by atoms with Gasteiger partial charge in [-0.2, -0.15) is 8.42 Å². The first-order valence-corrected chi connectivity index (χ1v) is 10.9. The van der Waals surface area contributed by atoms with Gasteiger partial charge in [-0.15, -0.1) is 4.40 Å². The number of halogens is 1. The molecule has 8 heteroatoms. The lowest BCUT2D eigenvalue weighted by Crippen LogP contribution is -2.38. The maximum Gasteiger partial charge on any atom is 0.286 e. The molecule has 6 nitrogen and oxygen atoms in total. The molecule has 0 spiro atoms. The number of hydrogen-bond donors (Lipinski definition) is 1. The molecule has 0 saturated heterocycles. The van der Waals surface area contributed by atoms with Crippen molar-refractivity contribution >= 4 is 44.7 Å². The molecule has 1 N–H and O–H groups in total. The molecule has 1 aliphatic heterocycles. The lowest BCUT2D eigenvalue weighted by atomic mass is 10.1. The van der Waals surface area contributed by atoms with Crippen molar-refractivity contribution in [3.8, 4) is 0 Å². The van der Waals surface area contributed by atoms with Crippen molar-refractivity contribution in [2.75, 3.05) is 16.8 Å². The molecule has 1 amide bonds. The highest BCUT2D eigenvalue weighted by atomic mass is 35.5. The van der Waals surface area contributed by atoms with E-state index in [0.29, 0.717) is 46.7 Å². The molecule has 0 fully saturated rings. The number of nitrogens with zero attached hydrogens (tertiary/aromatic N) is 2. The Morgan fingerprint density at radius 1 is 1.21 bits per heavy atom. The van der Waals surface area contributed by atoms with Gasteiger partial charge in [0, 0.05) is 18.7 Å². The summed E-state index contributed by atoms with van der Waals surface area (Å²) in [6.45, 7) is 6.66. The number of amides is 1. The fraction of sp³-hybridized carbons (Fsp3) is 0.300. The largest absolute Gasteiger partial charge is 0.328 e. The maximum atomic E-state index is 12.7. The van der Waals surface area contributed by atoms with Crippen LogP contribution in [0, 0.1) is 5.92 Å². The predicted octanol–water partition coefficient (Wildman–Crippen LogP) is 4.57. The third kappa shape index (κ3) is 4.05. The van der Waals surface area contributed by atoms with Crippen LogP contribution in [0.15, 0.2) is 51.8 Å². The summed E-state index contributed by atoms with van der Waals surface area (Å²) in [5.74, 6) is 0.439. The third-order valence-electron chi connectivity index (χ3n) is 4.31. The Morgan fingerprint density at radius 2 is 1.93 bits per heavy atom. The summed E-state index contributed by atoms with van der Waals surface area (Å²) in [5, 5.41) is 3.04. The summed E-state index contributed by atoms with van der Waals surface area (Å²) < 4.78 is 29.4. The molecule has 0 unspecified atom stereocenters. The Kier molecular flexibility index (Phi) is 5.76. The number of sulfonamides is 1. The van der Waals surface area contributed by atoms with Crippen LogP contribution in [0.5, 0.6) is 0 Å². The molecule has 0 radical (unpaired) electrons. The second-order valence-electron chi connectivity index (χ2n) is 6.96. The van der Waals surface area contributed by atoms with Gasteiger partial charge in [0.25, 0.3) is 15.9 Å². The topological polar surface area (TPSA) is 78.8 Å². The molecule has 3 rings (SSSR count). The lowest BCUT2D eigenvalue weighted by Gasteiger charge is -2.32. The molecule has 0 saturated carbocycles. The van der Waals surface area contributed by atoms with Gasteiger partial charge in [0.1, 0.15) is 10.7 Å². The average molecular weight is 420 g/mol. The molecule has 1 heterocycles. The maximum absolute atomic E-state index is 12.7. The number of benzene rings is 2. The van der Waals surface area contributed by atoms with Crippen molar-refractivity contribution in [3.05, 3.63) is 53.1 Å². The van der Waals surface area contributed by atoms with E-state index in [1.807, 2.05) is 11.8 Å². The Balaban J connectivity index is 1.99. The van der Waals surface area contributed by atoms with Gasteiger partial charge in [0.2, 0.25) is 0 Å². The van der Waals surface area contributed by atoms with Crippen molar-refractivity contribution in [2.24, 2.45) is 10.3 Å². The number of rotatable bonds is 5. The first-order chi connectivity index (χ1) is 13.2. The van der Waals surface area contributed by atoms with E-state index in [1.165, 1.54) is 6.07 Å². The normalized spacial score (nSPS) is 15.2. The molecule has 0 aromatic heterocycles. The summed E-state index contributed by atoms with van der Waals surface area (Å²) >= 11 is 6.06. The number of hydrogen-bond acceptors (Lipinski definition) is 4. The third-order valence-corrected chi connectivity index (χ3v) is 5.97. The standard InChI is InChI=1S/C20H22ClN3O3S/c1-4-19-23-28(26,27)18-11-14(9-10-17(18)24(19)12-13(2)3)22-20(25)15-7-5-6-8-16(15)21/h5-11,13H,4,12H2,1-3H3,(H,22,25). The highest BCUT2D eigenvalue weighted by molar-refractivity contribution is 7.90. The number of amidine groups is 1. The second-order valence-corrected chi connectivity index (χ2v) is 8.94. The minimum absolute atomic E-state index is 0.0855. The van der Waals surface area contributed by atoms with Crippen LogP contribution in [0.4, 0.5) is 11.4 Å². The van der Waals surface area contributed by atoms with E-state index in [0.717, 1.165) is 0 Å². The van der Waals surface area contributed by atoms with Gasteiger partial charge in [0.05, 0.1) is 16.3 Å². The lowest BCUT2D eigenvalue weighted by molar-refractivity contribution is 0.102. The molecule has 2 aromatic carbocycles. The van der Waals surface area contributed by atoms with Gasteiger partial charge >= 0.3 is 0 Å². The van der Waals surface area contributed by atoms with Crippen molar-refractivity contribution in [2.45, 2.75) is 32.1 Å². The second kappa shape index (κ2) is 7.93. The quantitative estimate of drug-likeness (QED) is 0.770. The van der Waals surface area contributed by atoms with E-state index in [4.69, 9.17) is 11.6 Å².